The first-order valence-corrected chi connectivity index (χ1v) is 8.19. The summed E-state index contributed by atoms with van der Waals surface area (Å²) in [6, 6.07) is 20.6. The summed E-state index contributed by atoms with van der Waals surface area (Å²) in [6.07, 6.45) is 0. The quantitative estimate of drug-likeness (QED) is 0.761. The van der Waals surface area contributed by atoms with Crippen LogP contribution in [0.4, 0.5) is 5.69 Å². The molecule has 0 aliphatic carbocycles. The number of phenols is 1. The van der Waals surface area contributed by atoms with Crippen LogP contribution in [0.5, 0.6) is 5.75 Å². The van der Waals surface area contributed by atoms with Gasteiger partial charge in [0.25, 0.3) is 0 Å². The molecule has 3 aromatic carbocycles. The molecule has 0 unspecified atom stereocenters. The zero-order valence-corrected chi connectivity index (χ0v) is 14.5. The van der Waals surface area contributed by atoms with Crippen molar-refractivity contribution in [2.45, 2.75) is 13.1 Å². The van der Waals surface area contributed by atoms with Gasteiger partial charge in [-0.2, -0.15) is 0 Å². The SMILES string of the molecule is CN(Cc1ccc(N(C)C)cc1)Cc1c(O)ccc2ccccc12. The van der Waals surface area contributed by atoms with E-state index in [1.54, 1.807) is 6.07 Å². The molecule has 0 heterocycles. The van der Waals surface area contributed by atoms with E-state index in [9.17, 15) is 5.11 Å². The average molecular weight is 320 g/mol. The molecule has 0 atom stereocenters. The van der Waals surface area contributed by atoms with Crippen LogP contribution >= 0.6 is 0 Å². The fraction of sp³-hybridized carbons (Fsp3) is 0.238. The second-order valence-corrected chi connectivity index (χ2v) is 6.52. The maximum atomic E-state index is 10.3. The molecule has 0 fully saturated rings. The lowest BCUT2D eigenvalue weighted by Gasteiger charge is -2.20. The van der Waals surface area contributed by atoms with E-state index in [0.717, 1.165) is 22.9 Å². The van der Waals surface area contributed by atoms with Crippen LogP contribution in [0, 0.1) is 0 Å². The third-order valence-electron chi connectivity index (χ3n) is 4.35. The summed E-state index contributed by atoms with van der Waals surface area (Å²) in [5, 5.41) is 12.6. The molecular formula is C21H24N2O. The molecule has 0 saturated carbocycles. The van der Waals surface area contributed by atoms with Gasteiger partial charge in [0.1, 0.15) is 5.75 Å². The van der Waals surface area contributed by atoms with Crippen LogP contribution in [0.2, 0.25) is 0 Å². The predicted octanol–water partition coefficient (Wildman–Crippen LogP) is 4.24. The Hall–Kier alpha value is -2.52. The van der Waals surface area contributed by atoms with Gasteiger partial charge in [0.2, 0.25) is 0 Å². The molecule has 0 saturated heterocycles. The summed E-state index contributed by atoms with van der Waals surface area (Å²) in [5.41, 5.74) is 3.46. The van der Waals surface area contributed by atoms with Gasteiger partial charge in [0, 0.05) is 38.4 Å². The van der Waals surface area contributed by atoms with Crippen LogP contribution in [0.1, 0.15) is 11.1 Å². The molecule has 0 aromatic heterocycles. The van der Waals surface area contributed by atoms with Crippen molar-refractivity contribution < 1.29 is 5.11 Å². The maximum Gasteiger partial charge on any atom is 0.120 e. The van der Waals surface area contributed by atoms with Crippen molar-refractivity contribution in [1.82, 2.24) is 4.90 Å². The van der Waals surface area contributed by atoms with E-state index in [4.69, 9.17) is 0 Å². The van der Waals surface area contributed by atoms with E-state index in [-0.39, 0.29) is 0 Å². The number of benzene rings is 3. The van der Waals surface area contributed by atoms with Gasteiger partial charge in [-0.25, -0.2) is 0 Å². The first-order chi connectivity index (χ1) is 11.5. The molecule has 0 radical (unpaired) electrons. The third-order valence-corrected chi connectivity index (χ3v) is 4.35. The minimum atomic E-state index is 0.364. The largest absolute Gasteiger partial charge is 0.508 e. The molecule has 1 N–H and O–H groups in total. The lowest BCUT2D eigenvalue weighted by atomic mass is 10.0. The second-order valence-electron chi connectivity index (χ2n) is 6.52. The smallest absolute Gasteiger partial charge is 0.120 e. The standard InChI is InChI=1S/C21H24N2O/c1-22(2)18-11-8-16(9-12-18)14-23(3)15-20-19-7-5-4-6-17(19)10-13-21(20)24/h4-13,24H,14-15H2,1-3H3. The van der Waals surface area contributed by atoms with Crippen LogP contribution in [0.15, 0.2) is 60.7 Å². The Kier molecular flexibility index (Phi) is 4.72. The Balaban J connectivity index is 1.77. The van der Waals surface area contributed by atoms with Crippen LogP contribution in [0.25, 0.3) is 10.8 Å². The zero-order chi connectivity index (χ0) is 17.1. The van der Waals surface area contributed by atoms with Crippen molar-refractivity contribution in [3.05, 3.63) is 71.8 Å². The molecule has 3 nitrogen and oxygen atoms in total. The number of rotatable bonds is 5. The minimum Gasteiger partial charge on any atom is -0.508 e. The number of fused-ring (bicyclic) bond motifs is 1. The third kappa shape index (κ3) is 3.52. The Morgan fingerprint density at radius 2 is 1.50 bits per heavy atom. The maximum absolute atomic E-state index is 10.3. The van der Waals surface area contributed by atoms with E-state index in [2.05, 4.69) is 53.2 Å². The van der Waals surface area contributed by atoms with Gasteiger partial charge in [-0.15, -0.1) is 0 Å². The van der Waals surface area contributed by atoms with Crippen molar-refractivity contribution >= 4 is 16.5 Å². The second kappa shape index (κ2) is 6.93. The van der Waals surface area contributed by atoms with Crippen molar-refractivity contribution in [3.8, 4) is 5.75 Å². The highest BCUT2D eigenvalue weighted by atomic mass is 16.3. The average Bonchev–Trinajstić information content (AvgIpc) is 2.58. The number of anilines is 1. The first-order valence-electron chi connectivity index (χ1n) is 8.19. The normalized spacial score (nSPS) is 11.2. The van der Waals surface area contributed by atoms with Crippen molar-refractivity contribution in [2.24, 2.45) is 0 Å². The number of hydrogen-bond donors (Lipinski definition) is 1. The fourth-order valence-corrected chi connectivity index (χ4v) is 3.03. The molecular weight excluding hydrogens is 296 g/mol. The summed E-state index contributed by atoms with van der Waals surface area (Å²) in [6.45, 7) is 1.55. The lowest BCUT2D eigenvalue weighted by Crippen LogP contribution is -2.17. The Labute approximate surface area is 143 Å². The monoisotopic (exact) mass is 320 g/mol. The minimum absolute atomic E-state index is 0.364. The molecule has 3 heteroatoms. The number of nitrogens with zero attached hydrogens (tertiary/aromatic N) is 2. The van der Waals surface area contributed by atoms with Gasteiger partial charge in [0.15, 0.2) is 0 Å². The summed E-state index contributed by atoms with van der Waals surface area (Å²) in [4.78, 5) is 4.33. The molecule has 0 aliphatic rings. The van der Waals surface area contributed by atoms with Crippen LogP contribution in [-0.4, -0.2) is 31.1 Å². The molecule has 3 aromatic rings. The van der Waals surface area contributed by atoms with Crippen molar-refractivity contribution in [2.75, 3.05) is 26.0 Å². The van der Waals surface area contributed by atoms with Crippen molar-refractivity contribution in [3.63, 3.8) is 0 Å². The molecule has 0 amide bonds. The zero-order valence-electron chi connectivity index (χ0n) is 14.5. The van der Waals surface area contributed by atoms with E-state index >= 15 is 0 Å². The van der Waals surface area contributed by atoms with Gasteiger partial charge in [-0.1, -0.05) is 42.5 Å². The highest BCUT2D eigenvalue weighted by Gasteiger charge is 2.10. The highest BCUT2D eigenvalue weighted by Crippen LogP contribution is 2.28. The van der Waals surface area contributed by atoms with Crippen molar-refractivity contribution in [1.29, 1.82) is 0 Å². The number of aromatic hydroxyl groups is 1. The predicted molar refractivity (Wildman–Crippen MR) is 102 cm³/mol. The molecule has 0 spiro atoms. The van der Waals surface area contributed by atoms with Gasteiger partial charge < -0.3 is 10.0 Å². The van der Waals surface area contributed by atoms with E-state index in [1.165, 1.54) is 11.3 Å². The van der Waals surface area contributed by atoms with Crippen LogP contribution < -0.4 is 4.90 Å². The highest BCUT2D eigenvalue weighted by molar-refractivity contribution is 5.87. The Morgan fingerprint density at radius 1 is 0.792 bits per heavy atom. The van der Waals surface area contributed by atoms with E-state index in [1.807, 2.05) is 32.3 Å². The molecule has 3 rings (SSSR count). The van der Waals surface area contributed by atoms with Gasteiger partial charge in [0.05, 0.1) is 0 Å². The fourth-order valence-electron chi connectivity index (χ4n) is 3.03. The van der Waals surface area contributed by atoms with E-state index < -0.39 is 0 Å². The van der Waals surface area contributed by atoms with Gasteiger partial charge >= 0.3 is 0 Å². The van der Waals surface area contributed by atoms with Crippen LogP contribution in [-0.2, 0) is 13.1 Å². The molecule has 124 valence electrons. The number of hydrogen-bond acceptors (Lipinski definition) is 3. The summed E-state index contributed by atoms with van der Waals surface area (Å²) in [5.74, 6) is 0.364. The Bertz CT molecular complexity index is 825. The first kappa shape index (κ1) is 16.3. The summed E-state index contributed by atoms with van der Waals surface area (Å²) in [7, 11) is 6.18. The summed E-state index contributed by atoms with van der Waals surface area (Å²) >= 11 is 0. The van der Waals surface area contributed by atoms with Crippen LogP contribution in [0.3, 0.4) is 0 Å². The van der Waals surface area contributed by atoms with E-state index in [0.29, 0.717) is 12.3 Å². The Morgan fingerprint density at radius 3 is 2.21 bits per heavy atom. The molecule has 0 bridgehead atoms. The number of phenolic OH excluding ortho intramolecular Hbond substituents is 1. The summed E-state index contributed by atoms with van der Waals surface area (Å²) < 4.78 is 0. The molecule has 0 aliphatic heterocycles. The topological polar surface area (TPSA) is 26.7 Å². The molecule has 24 heavy (non-hydrogen) atoms. The lowest BCUT2D eigenvalue weighted by molar-refractivity contribution is 0.314. The van der Waals surface area contributed by atoms with Gasteiger partial charge in [-0.3, -0.25) is 4.90 Å². The van der Waals surface area contributed by atoms with Gasteiger partial charge in [-0.05, 0) is 41.6 Å².